The summed E-state index contributed by atoms with van der Waals surface area (Å²) in [5.41, 5.74) is 3.01. The maximum absolute atomic E-state index is 11.8. The van der Waals surface area contributed by atoms with Crippen LogP contribution in [0.15, 0.2) is 48.5 Å². The summed E-state index contributed by atoms with van der Waals surface area (Å²) in [6.45, 7) is 4.36. The Bertz CT molecular complexity index is 775. The van der Waals surface area contributed by atoms with E-state index in [4.69, 9.17) is 9.47 Å². The van der Waals surface area contributed by atoms with E-state index in [0.717, 1.165) is 25.6 Å². The van der Waals surface area contributed by atoms with E-state index in [-0.39, 0.29) is 12.6 Å². The molecule has 1 unspecified atom stereocenters. The van der Waals surface area contributed by atoms with E-state index in [9.17, 15) is 4.79 Å². The molecule has 0 spiro atoms. The number of hydrogen-bond acceptors (Lipinski definition) is 3. The maximum Gasteiger partial charge on any atom is 0.322 e. The molecular weight excluding hydrogens is 447 g/mol. The van der Waals surface area contributed by atoms with Crippen LogP contribution in [0.5, 0.6) is 5.75 Å². The van der Waals surface area contributed by atoms with E-state index >= 15 is 0 Å². The molecule has 1 aliphatic carbocycles. The van der Waals surface area contributed by atoms with Crippen LogP contribution in [-0.4, -0.2) is 16.0 Å². The van der Waals surface area contributed by atoms with E-state index in [2.05, 4.69) is 40.2 Å². The number of carbonyl (C=O) groups is 1. The number of halogens is 1. The third-order valence-electron chi connectivity index (χ3n) is 5.11. The molecule has 3 nitrogen and oxygen atoms in total. The topological polar surface area (TPSA) is 35.5 Å². The zero-order valence-electron chi connectivity index (χ0n) is 17.2. The molecule has 0 bridgehead atoms. The summed E-state index contributed by atoms with van der Waals surface area (Å²) in [5, 5.41) is 1.46. The number of rotatable bonds is 8. The zero-order chi connectivity index (χ0) is 20.7. The van der Waals surface area contributed by atoms with Gasteiger partial charge in [0.1, 0.15) is 23.3 Å². The van der Waals surface area contributed by atoms with Crippen LogP contribution in [0.4, 0.5) is 0 Å². The van der Waals surface area contributed by atoms with Crippen LogP contribution in [0.2, 0.25) is 0 Å². The van der Waals surface area contributed by atoms with E-state index in [1.54, 1.807) is 13.8 Å². The molecular formula is C24H30BrO3P. The molecule has 0 saturated heterocycles. The van der Waals surface area contributed by atoms with Gasteiger partial charge in [-0.3, -0.25) is 4.79 Å². The van der Waals surface area contributed by atoms with E-state index in [1.807, 2.05) is 24.3 Å². The minimum atomic E-state index is -0.664. The van der Waals surface area contributed by atoms with Crippen LogP contribution in [0.3, 0.4) is 0 Å². The van der Waals surface area contributed by atoms with Crippen LogP contribution >= 0.6 is 24.5 Å². The second kappa shape index (κ2) is 10.6. The molecule has 5 heteroatoms. The highest BCUT2D eigenvalue weighted by molar-refractivity contribution is 9.10. The normalized spacial score (nSPS) is 15.6. The summed E-state index contributed by atoms with van der Waals surface area (Å²) in [5.74, 6) is 0.541. The second-order valence-corrected chi connectivity index (χ2v) is 11.8. The van der Waals surface area contributed by atoms with Gasteiger partial charge in [0, 0.05) is 0 Å². The lowest BCUT2D eigenvalue weighted by molar-refractivity contribution is -0.146. The number of benzene rings is 2. The molecule has 29 heavy (non-hydrogen) atoms. The summed E-state index contributed by atoms with van der Waals surface area (Å²) in [7, 11) is 0.938. The standard InChI is InChI=1S/C24H30BrO3P/c1-24(2,25)23(26)28-17-18-8-12-20(13-9-18)27-16-19-10-14-22(15-11-19)29-21-6-4-3-5-7-21/h8-15,21,29H,3-7,16-17H2,1-2H3. The molecule has 3 rings (SSSR count). The Kier molecular flexibility index (Phi) is 8.15. The van der Waals surface area contributed by atoms with Gasteiger partial charge in [0.2, 0.25) is 0 Å². The van der Waals surface area contributed by atoms with Gasteiger partial charge in [-0.2, -0.15) is 0 Å². The van der Waals surface area contributed by atoms with Crippen molar-refractivity contribution in [3.63, 3.8) is 0 Å². The summed E-state index contributed by atoms with van der Waals surface area (Å²) in [6.07, 6.45) is 7.01. The van der Waals surface area contributed by atoms with E-state index < -0.39 is 4.32 Å². The summed E-state index contributed by atoms with van der Waals surface area (Å²) in [6, 6.07) is 16.6. The van der Waals surface area contributed by atoms with Gasteiger partial charge in [-0.05, 0) is 60.9 Å². The third kappa shape index (κ3) is 7.42. The minimum absolute atomic E-state index is 0.261. The lowest BCUT2D eigenvalue weighted by Gasteiger charge is -2.21. The molecule has 0 heterocycles. The van der Waals surface area contributed by atoms with Crippen molar-refractivity contribution in [2.24, 2.45) is 0 Å². The Balaban J connectivity index is 1.44. The van der Waals surface area contributed by atoms with Crippen LogP contribution in [0, 0.1) is 0 Å². The van der Waals surface area contributed by atoms with Gasteiger partial charge in [-0.25, -0.2) is 0 Å². The average Bonchev–Trinajstić information content (AvgIpc) is 2.72. The van der Waals surface area contributed by atoms with Gasteiger partial charge in [0.05, 0.1) is 0 Å². The van der Waals surface area contributed by atoms with Crippen LogP contribution in [0.1, 0.15) is 57.1 Å². The molecule has 1 aliphatic rings. The number of carbonyl (C=O) groups excluding carboxylic acids is 1. The maximum atomic E-state index is 11.8. The highest BCUT2D eigenvalue weighted by Crippen LogP contribution is 2.32. The molecule has 0 aliphatic heterocycles. The first-order valence-corrected chi connectivity index (χ1v) is 12.2. The Morgan fingerprint density at radius 2 is 1.55 bits per heavy atom. The molecule has 0 aromatic heterocycles. The number of hydrogen-bond donors (Lipinski definition) is 0. The molecule has 0 N–H and O–H groups in total. The highest BCUT2D eigenvalue weighted by atomic mass is 79.9. The van der Waals surface area contributed by atoms with Gasteiger partial charge < -0.3 is 9.47 Å². The minimum Gasteiger partial charge on any atom is -0.489 e. The van der Waals surface area contributed by atoms with Crippen molar-refractivity contribution in [3.8, 4) is 5.75 Å². The fraction of sp³-hybridized carbons (Fsp3) is 0.458. The first-order chi connectivity index (χ1) is 13.9. The molecule has 1 saturated carbocycles. The number of ether oxygens (including phenoxy) is 2. The second-order valence-electron chi connectivity index (χ2n) is 8.16. The van der Waals surface area contributed by atoms with Crippen molar-refractivity contribution in [2.45, 2.75) is 69.1 Å². The van der Waals surface area contributed by atoms with Crippen molar-refractivity contribution in [1.29, 1.82) is 0 Å². The Morgan fingerprint density at radius 1 is 0.966 bits per heavy atom. The first kappa shape index (κ1) is 22.3. The Labute approximate surface area is 184 Å². The van der Waals surface area contributed by atoms with Crippen LogP contribution in [-0.2, 0) is 22.7 Å². The number of alkyl halides is 1. The van der Waals surface area contributed by atoms with Gasteiger partial charge in [0.15, 0.2) is 0 Å². The number of esters is 1. The molecule has 1 atom stereocenters. The molecule has 0 radical (unpaired) electrons. The molecule has 2 aromatic carbocycles. The summed E-state index contributed by atoms with van der Waals surface area (Å²) >= 11 is 3.31. The van der Waals surface area contributed by atoms with Crippen LogP contribution in [0.25, 0.3) is 0 Å². The highest BCUT2D eigenvalue weighted by Gasteiger charge is 2.25. The van der Waals surface area contributed by atoms with Crippen molar-refractivity contribution in [3.05, 3.63) is 59.7 Å². The van der Waals surface area contributed by atoms with Crippen molar-refractivity contribution in [2.75, 3.05) is 0 Å². The van der Waals surface area contributed by atoms with Crippen LogP contribution < -0.4 is 10.0 Å². The van der Waals surface area contributed by atoms with Crippen molar-refractivity contribution < 1.29 is 14.3 Å². The predicted octanol–water partition coefficient (Wildman–Crippen LogP) is 6.12. The third-order valence-corrected chi connectivity index (χ3v) is 7.09. The van der Waals surface area contributed by atoms with Gasteiger partial charge >= 0.3 is 5.97 Å². The Hall–Kier alpha value is -1.38. The smallest absolute Gasteiger partial charge is 0.322 e. The first-order valence-electron chi connectivity index (χ1n) is 10.3. The van der Waals surface area contributed by atoms with Crippen molar-refractivity contribution >= 4 is 35.8 Å². The summed E-state index contributed by atoms with van der Waals surface area (Å²) in [4.78, 5) is 11.8. The lowest BCUT2D eigenvalue weighted by atomic mass is 10.0. The Morgan fingerprint density at radius 3 is 2.17 bits per heavy atom. The fourth-order valence-corrected chi connectivity index (χ4v) is 4.99. The molecule has 156 valence electrons. The van der Waals surface area contributed by atoms with Gasteiger partial charge in [0.25, 0.3) is 0 Å². The largest absolute Gasteiger partial charge is 0.489 e. The van der Waals surface area contributed by atoms with Gasteiger partial charge in [-0.1, -0.05) is 80.2 Å². The summed E-state index contributed by atoms with van der Waals surface area (Å²) < 4.78 is 10.5. The fourth-order valence-electron chi connectivity index (χ4n) is 3.35. The average molecular weight is 477 g/mol. The van der Waals surface area contributed by atoms with E-state index in [1.165, 1.54) is 43.0 Å². The molecule has 0 amide bonds. The quantitative estimate of drug-likeness (QED) is 0.261. The van der Waals surface area contributed by atoms with Gasteiger partial charge in [-0.15, -0.1) is 0 Å². The zero-order valence-corrected chi connectivity index (χ0v) is 19.8. The molecule has 2 aromatic rings. The van der Waals surface area contributed by atoms with Crippen molar-refractivity contribution in [1.82, 2.24) is 0 Å². The predicted molar refractivity (Wildman–Crippen MR) is 125 cm³/mol. The SMILES string of the molecule is CC(C)(Br)C(=O)OCc1ccc(OCc2ccc(PC3CCCCC3)cc2)cc1. The molecule has 1 fully saturated rings. The monoisotopic (exact) mass is 476 g/mol. The van der Waals surface area contributed by atoms with E-state index in [0.29, 0.717) is 6.61 Å². The lowest BCUT2D eigenvalue weighted by Crippen LogP contribution is -2.26.